The minimum Gasteiger partial charge on any atom is -0.490 e. The Morgan fingerprint density at radius 2 is 1.73 bits per heavy atom. The molecule has 4 rings (SSSR count). The Hall–Kier alpha value is -2.19. The molecule has 1 N–H and O–H groups in total. The lowest BCUT2D eigenvalue weighted by Gasteiger charge is -2.41. The van der Waals surface area contributed by atoms with Gasteiger partial charge in [0.2, 0.25) is 11.8 Å². The third-order valence-electron chi connectivity index (χ3n) is 7.18. The van der Waals surface area contributed by atoms with Crippen molar-refractivity contribution in [3.05, 3.63) is 30.1 Å². The zero-order valence-electron chi connectivity index (χ0n) is 19.2. The normalized spacial score (nSPS) is 25.5. The van der Waals surface area contributed by atoms with Gasteiger partial charge >= 0.3 is 0 Å². The molecule has 2 saturated heterocycles. The monoisotopic (exact) mass is 462 g/mol. The van der Waals surface area contributed by atoms with Crippen LogP contribution in [0.1, 0.15) is 51.4 Å². The second kappa shape index (κ2) is 10.8. The van der Waals surface area contributed by atoms with E-state index < -0.39 is 5.60 Å². The first-order valence-electron chi connectivity index (χ1n) is 12.2. The molecule has 7 nitrogen and oxygen atoms in total. The van der Waals surface area contributed by atoms with Crippen LogP contribution in [0.5, 0.6) is 5.75 Å². The maximum Gasteiger partial charge on any atom is 0.225 e. The highest BCUT2D eigenvalue weighted by atomic mass is 19.1. The third-order valence-corrected chi connectivity index (χ3v) is 7.18. The molecule has 2 aliphatic heterocycles. The average Bonchev–Trinajstić information content (AvgIpc) is 2.82. The number of amides is 2. The van der Waals surface area contributed by atoms with Crippen molar-refractivity contribution in [2.45, 2.75) is 63.1 Å². The number of halogens is 1. The molecule has 1 saturated carbocycles. The van der Waals surface area contributed by atoms with Gasteiger partial charge in [0.25, 0.3) is 0 Å². The molecular formula is C25H35FN2O5. The summed E-state index contributed by atoms with van der Waals surface area (Å²) in [5.41, 5.74) is -0.907. The Morgan fingerprint density at radius 1 is 1.03 bits per heavy atom. The third kappa shape index (κ3) is 6.44. The smallest absolute Gasteiger partial charge is 0.225 e. The van der Waals surface area contributed by atoms with Crippen molar-refractivity contribution in [3.8, 4) is 5.75 Å². The molecule has 2 atom stereocenters. The lowest BCUT2D eigenvalue weighted by Crippen LogP contribution is -2.51. The first kappa shape index (κ1) is 24.0. The van der Waals surface area contributed by atoms with Crippen LogP contribution < -0.4 is 4.74 Å². The number of aliphatic hydroxyl groups is 1. The molecule has 0 aromatic heterocycles. The minimum absolute atomic E-state index is 0.0382. The van der Waals surface area contributed by atoms with E-state index in [2.05, 4.69) is 0 Å². The average molecular weight is 463 g/mol. The van der Waals surface area contributed by atoms with Gasteiger partial charge in [-0.05, 0) is 37.1 Å². The molecule has 2 amide bonds. The fourth-order valence-corrected chi connectivity index (χ4v) is 5.22. The molecule has 0 unspecified atom stereocenters. The number of rotatable bonds is 6. The molecule has 182 valence electrons. The summed E-state index contributed by atoms with van der Waals surface area (Å²) in [7, 11) is 0. The maximum absolute atomic E-state index is 13.3. The van der Waals surface area contributed by atoms with Gasteiger partial charge in [0.15, 0.2) is 0 Å². The number of likely N-dealkylation sites (tertiary alicyclic amines) is 1. The van der Waals surface area contributed by atoms with E-state index in [9.17, 15) is 19.1 Å². The van der Waals surface area contributed by atoms with Crippen LogP contribution in [0.15, 0.2) is 24.3 Å². The van der Waals surface area contributed by atoms with E-state index >= 15 is 0 Å². The predicted octanol–water partition coefficient (Wildman–Crippen LogP) is 2.76. The van der Waals surface area contributed by atoms with Crippen LogP contribution in [0.2, 0.25) is 0 Å². The van der Waals surface area contributed by atoms with Gasteiger partial charge in [-0.15, -0.1) is 0 Å². The summed E-state index contributed by atoms with van der Waals surface area (Å²) < 4.78 is 24.8. The summed E-state index contributed by atoms with van der Waals surface area (Å²) in [6.07, 6.45) is 5.10. The molecule has 3 aliphatic rings. The Balaban J connectivity index is 1.42. The van der Waals surface area contributed by atoms with E-state index in [1.165, 1.54) is 12.1 Å². The fraction of sp³-hybridized carbons (Fsp3) is 0.680. The lowest BCUT2D eigenvalue weighted by atomic mass is 9.82. The summed E-state index contributed by atoms with van der Waals surface area (Å²) in [6.45, 7) is 3.15. The van der Waals surface area contributed by atoms with Gasteiger partial charge in [0, 0.05) is 44.9 Å². The molecule has 2 heterocycles. The number of carbonyl (C=O) groups excluding carboxylic acids is 2. The predicted molar refractivity (Wildman–Crippen MR) is 120 cm³/mol. The molecule has 0 spiro atoms. The van der Waals surface area contributed by atoms with Crippen molar-refractivity contribution >= 4 is 11.8 Å². The fourth-order valence-electron chi connectivity index (χ4n) is 5.22. The Labute approximate surface area is 194 Å². The number of benzene rings is 1. The summed E-state index contributed by atoms with van der Waals surface area (Å²) >= 11 is 0. The van der Waals surface area contributed by atoms with Gasteiger partial charge in [-0.25, -0.2) is 4.39 Å². The maximum atomic E-state index is 13.3. The van der Waals surface area contributed by atoms with Gasteiger partial charge < -0.3 is 24.4 Å². The second-order valence-corrected chi connectivity index (χ2v) is 9.66. The van der Waals surface area contributed by atoms with Crippen LogP contribution >= 0.6 is 0 Å². The number of ether oxygens (including phenoxy) is 2. The molecular weight excluding hydrogens is 427 g/mol. The van der Waals surface area contributed by atoms with Crippen LogP contribution in [-0.4, -0.2) is 77.8 Å². The SMILES string of the molecule is O=C(C[C@H]1CN(C(=O)CC2(O)CCCCC2)CC[C@@H]1Oc1ccc(F)cc1)N1CCOCC1. The molecule has 33 heavy (non-hydrogen) atoms. The topological polar surface area (TPSA) is 79.3 Å². The number of hydrogen-bond donors (Lipinski definition) is 1. The summed E-state index contributed by atoms with van der Waals surface area (Å²) in [4.78, 5) is 29.6. The van der Waals surface area contributed by atoms with Crippen molar-refractivity contribution in [1.29, 1.82) is 0 Å². The number of nitrogens with zero attached hydrogens (tertiary/aromatic N) is 2. The van der Waals surface area contributed by atoms with Crippen molar-refractivity contribution in [1.82, 2.24) is 9.80 Å². The zero-order chi connectivity index (χ0) is 23.3. The minimum atomic E-state index is -0.907. The van der Waals surface area contributed by atoms with E-state index in [0.717, 1.165) is 19.3 Å². The molecule has 8 heteroatoms. The van der Waals surface area contributed by atoms with Crippen LogP contribution in [-0.2, 0) is 14.3 Å². The Bertz CT molecular complexity index is 806. The van der Waals surface area contributed by atoms with Crippen molar-refractivity contribution in [2.75, 3.05) is 39.4 Å². The van der Waals surface area contributed by atoms with Crippen molar-refractivity contribution in [3.63, 3.8) is 0 Å². The highest BCUT2D eigenvalue weighted by Gasteiger charge is 2.38. The van der Waals surface area contributed by atoms with E-state index in [0.29, 0.717) is 64.4 Å². The van der Waals surface area contributed by atoms with Crippen molar-refractivity contribution < 1.29 is 28.6 Å². The molecule has 1 aromatic carbocycles. The van der Waals surface area contributed by atoms with E-state index in [1.54, 1.807) is 17.0 Å². The quantitative estimate of drug-likeness (QED) is 0.703. The lowest BCUT2D eigenvalue weighted by molar-refractivity contribution is -0.144. The molecule has 3 fully saturated rings. The van der Waals surface area contributed by atoms with Gasteiger partial charge in [-0.2, -0.15) is 0 Å². The van der Waals surface area contributed by atoms with E-state index in [4.69, 9.17) is 9.47 Å². The van der Waals surface area contributed by atoms with Gasteiger partial charge in [0.05, 0.1) is 25.2 Å². The van der Waals surface area contributed by atoms with E-state index in [-0.39, 0.29) is 42.5 Å². The van der Waals surface area contributed by atoms with Gasteiger partial charge in [-0.1, -0.05) is 19.3 Å². The second-order valence-electron chi connectivity index (χ2n) is 9.66. The van der Waals surface area contributed by atoms with Crippen LogP contribution in [0.3, 0.4) is 0 Å². The highest BCUT2D eigenvalue weighted by molar-refractivity contribution is 5.78. The largest absolute Gasteiger partial charge is 0.490 e. The first-order chi connectivity index (χ1) is 15.9. The zero-order valence-corrected chi connectivity index (χ0v) is 19.2. The molecule has 1 aliphatic carbocycles. The number of morpholine rings is 1. The number of piperidine rings is 1. The first-order valence-corrected chi connectivity index (χ1v) is 12.2. The Morgan fingerprint density at radius 3 is 2.42 bits per heavy atom. The van der Waals surface area contributed by atoms with Crippen LogP contribution in [0, 0.1) is 11.7 Å². The molecule has 1 aromatic rings. The van der Waals surface area contributed by atoms with Gasteiger partial charge in [0.1, 0.15) is 17.7 Å². The highest BCUT2D eigenvalue weighted by Crippen LogP contribution is 2.33. The molecule has 0 bridgehead atoms. The van der Waals surface area contributed by atoms with Crippen molar-refractivity contribution in [2.24, 2.45) is 5.92 Å². The van der Waals surface area contributed by atoms with Gasteiger partial charge in [-0.3, -0.25) is 9.59 Å². The number of hydrogen-bond acceptors (Lipinski definition) is 5. The van der Waals surface area contributed by atoms with Crippen LogP contribution in [0.4, 0.5) is 4.39 Å². The summed E-state index contributed by atoms with van der Waals surface area (Å²) in [5, 5.41) is 10.8. The number of carbonyl (C=O) groups is 2. The standard InChI is InChI=1S/C25H35FN2O5/c26-20-4-6-21(7-5-20)33-22-8-11-28(24(30)17-25(31)9-2-1-3-10-25)18-19(22)16-23(29)27-12-14-32-15-13-27/h4-7,19,22,31H,1-3,8-18H2/t19-,22-/m0/s1. The summed E-state index contributed by atoms with van der Waals surface area (Å²) in [5.74, 6) is 0.0349. The van der Waals surface area contributed by atoms with Crippen LogP contribution in [0.25, 0.3) is 0 Å². The van der Waals surface area contributed by atoms with E-state index in [1.807, 2.05) is 4.90 Å². The Kier molecular flexibility index (Phi) is 7.86. The summed E-state index contributed by atoms with van der Waals surface area (Å²) in [6, 6.07) is 5.89. The molecule has 0 radical (unpaired) electrons.